The second-order valence-corrected chi connectivity index (χ2v) is 7.12. The van der Waals surface area contributed by atoms with Crippen molar-refractivity contribution in [3.8, 4) is 11.5 Å². The predicted molar refractivity (Wildman–Crippen MR) is 125 cm³/mol. The molecule has 0 saturated carbocycles. The second kappa shape index (κ2) is 11.0. The summed E-state index contributed by atoms with van der Waals surface area (Å²) in [5, 5.41) is 4.10. The van der Waals surface area contributed by atoms with Crippen LogP contribution in [0.2, 0.25) is 5.02 Å². The van der Waals surface area contributed by atoms with Crippen molar-refractivity contribution in [1.29, 1.82) is 0 Å². The Kier molecular flexibility index (Phi) is 9.75. The van der Waals surface area contributed by atoms with Crippen molar-refractivity contribution < 1.29 is 9.47 Å². The number of nitrogens with zero attached hydrogens (tertiary/aromatic N) is 3. The number of aryl methyl sites for hydroxylation is 1. The van der Waals surface area contributed by atoms with E-state index < -0.39 is 0 Å². The average Bonchev–Trinajstić information content (AvgIpc) is 2.91. The van der Waals surface area contributed by atoms with Gasteiger partial charge in [-0.05, 0) is 39.7 Å². The zero-order chi connectivity index (χ0) is 19.3. The molecule has 0 spiro atoms. The van der Waals surface area contributed by atoms with Gasteiger partial charge in [0.25, 0.3) is 0 Å². The van der Waals surface area contributed by atoms with E-state index in [-0.39, 0.29) is 24.0 Å². The molecule has 1 aromatic carbocycles. The molecule has 0 bridgehead atoms. The third-order valence-electron chi connectivity index (χ3n) is 3.99. The van der Waals surface area contributed by atoms with E-state index in [4.69, 9.17) is 21.1 Å². The first-order valence-corrected chi connectivity index (χ1v) is 9.19. The van der Waals surface area contributed by atoms with Crippen LogP contribution in [0, 0.1) is 0 Å². The number of nitrogens with one attached hydrogen (secondary N) is 1. The summed E-state index contributed by atoms with van der Waals surface area (Å²) in [5.74, 6) is 2.15. The summed E-state index contributed by atoms with van der Waals surface area (Å²) in [6.45, 7) is 1.29. The third-order valence-corrected chi connectivity index (χ3v) is 4.79. The van der Waals surface area contributed by atoms with E-state index in [1.807, 2.05) is 48.0 Å². The number of hydrogen-bond acceptors (Lipinski definition) is 3. The minimum absolute atomic E-state index is 0. The molecule has 1 N–H and O–H groups in total. The second-order valence-electron chi connectivity index (χ2n) is 5.83. The molecule has 0 aliphatic rings. The first-order chi connectivity index (χ1) is 12.4. The Morgan fingerprint density at radius 2 is 2.00 bits per heavy atom. The van der Waals surface area contributed by atoms with Gasteiger partial charge >= 0.3 is 0 Å². The SMILES string of the molecule is CN=C(NCc1cc(Br)c(OC)c(OC)c1)N(C)Cc1cc(Cl)cn1C.I. The predicted octanol–water partition coefficient (Wildman–Crippen LogP) is 4.28. The maximum Gasteiger partial charge on any atom is 0.194 e. The van der Waals surface area contributed by atoms with Crippen LogP contribution in [0.3, 0.4) is 0 Å². The van der Waals surface area contributed by atoms with Crippen molar-refractivity contribution >= 4 is 57.5 Å². The van der Waals surface area contributed by atoms with Gasteiger partial charge in [0.05, 0.1) is 30.3 Å². The van der Waals surface area contributed by atoms with Crippen LogP contribution >= 0.6 is 51.5 Å². The van der Waals surface area contributed by atoms with E-state index in [9.17, 15) is 0 Å². The van der Waals surface area contributed by atoms with E-state index >= 15 is 0 Å². The molecular weight excluding hydrogens is 546 g/mol. The van der Waals surface area contributed by atoms with Crippen LogP contribution in [0.4, 0.5) is 0 Å². The van der Waals surface area contributed by atoms with Crippen molar-refractivity contribution in [2.24, 2.45) is 12.0 Å². The lowest BCUT2D eigenvalue weighted by molar-refractivity contribution is 0.352. The molecule has 0 radical (unpaired) electrons. The average molecular weight is 572 g/mol. The van der Waals surface area contributed by atoms with Crippen LogP contribution in [0.1, 0.15) is 11.3 Å². The van der Waals surface area contributed by atoms with Gasteiger partial charge in [-0.15, -0.1) is 24.0 Å². The first-order valence-electron chi connectivity index (χ1n) is 8.02. The molecule has 1 aromatic heterocycles. The highest BCUT2D eigenvalue weighted by molar-refractivity contribution is 14.0. The molecule has 0 aliphatic carbocycles. The summed E-state index contributed by atoms with van der Waals surface area (Å²) >= 11 is 9.58. The van der Waals surface area contributed by atoms with Crippen LogP contribution in [0.15, 0.2) is 33.9 Å². The number of guanidine groups is 1. The Bertz CT molecular complexity index is 798. The summed E-state index contributed by atoms with van der Waals surface area (Å²) in [7, 11) is 8.97. The smallest absolute Gasteiger partial charge is 0.194 e. The Morgan fingerprint density at radius 3 is 2.52 bits per heavy atom. The van der Waals surface area contributed by atoms with Gasteiger partial charge in [-0.25, -0.2) is 0 Å². The summed E-state index contributed by atoms with van der Waals surface area (Å²) in [5.41, 5.74) is 2.15. The number of benzene rings is 1. The van der Waals surface area contributed by atoms with Crippen molar-refractivity contribution in [3.63, 3.8) is 0 Å². The van der Waals surface area contributed by atoms with Gasteiger partial charge in [-0.2, -0.15) is 0 Å². The highest BCUT2D eigenvalue weighted by atomic mass is 127. The molecule has 0 unspecified atom stereocenters. The highest BCUT2D eigenvalue weighted by Gasteiger charge is 2.13. The Labute approximate surface area is 191 Å². The van der Waals surface area contributed by atoms with Crippen molar-refractivity contribution in [2.45, 2.75) is 13.1 Å². The molecule has 0 amide bonds. The maximum atomic E-state index is 6.06. The van der Waals surface area contributed by atoms with E-state index in [2.05, 4.69) is 26.2 Å². The summed E-state index contributed by atoms with van der Waals surface area (Å²) in [6, 6.07) is 5.90. The van der Waals surface area contributed by atoms with Crippen LogP contribution < -0.4 is 14.8 Å². The summed E-state index contributed by atoms with van der Waals surface area (Å²) < 4.78 is 13.6. The van der Waals surface area contributed by atoms with Crippen molar-refractivity contribution in [1.82, 2.24) is 14.8 Å². The van der Waals surface area contributed by atoms with Crippen LogP contribution in [0.5, 0.6) is 11.5 Å². The van der Waals surface area contributed by atoms with Crippen molar-refractivity contribution in [3.05, 3.63) is 45.1 Å². The molecule has 9 heteroatoms. The molecule has 1 heterocycles. The van der Waals surface area contributed by atoms with Gasteiger partial charge in [-0.3, -0.25) is 4.99 Å². The zero-order valence-corrected chi connectivity index (χ0v) is 20.7. The molecular formula is C18H25BrClIN4O2. The van der Waals surface area contributed by atoms with Gasteiger partial charge in [0.15, 0.2) is 17.5 Å². The first kappa shape index (κ1) is 23.9. The fourth-order valence-corrected chi connectivity index (χ4v) is 3.60. The normalized spacial score (nSPS) is 11.0. The van der Waals surface area contributed by atoms with Crippen LogP contribution in [0.25, 0.3) is 0 Å². The number of ether oxygens (including phenoxy) is 2. The summed E-state index contributed by atoms with van der Waals surface area (Å²) in [6.07, 6.45) is 1.89. The fraction of sp³-hybridized carbons (Fsp3) is 0.389. The molecule has 0 aliphatic heterocycles. The lowest BCUT2D eigenvalue weighted by Crippen LogP contribution is -2.38. The van der Waals surface area contributed by atoms with Crippen LogP contribution in [-0.2, 0) is 20.1 Å². The molecule has 2 aromatic rings. The van der Waals surface area contributed by atoms with E-state index in [1.54, 1.807) is 21.3 Å². The number of hydrogen-bond donors (Lipinski definition) is 1. The molecule has 2 rings (SSSR count). The van der Waals surface area contributed by atoms with Gasteiger partial charge < -0.3 is 24.3 Å². The number of aromatic nitrogens is 1. The number of aliphatic imine (C=N–C) groups is 1. The van der Waals surface area contributed by atoms with Crippen molar-refractivity contribution in [2.75, 3.05) is 28.3 Å². The molecule has 0 fully saturated rings. The fourth-order valence-electron chi connectivity index (χ4n) is 2.68. The van der Waals surface area contributed by atoms with Gasteiger partial charge in [-0.1, -0.05) is 11.6 Å². The molecule has 6 nitrogen and oxygen atoms in total. The van der Waals surface area contributed by atoms with E-state index in [1.165, 1.54) is 0 Å². The highest BCUT2D eigenvalue weighted by Crippen LogP contribution is 2.36. The zero-order valence-electron chi connectivity index (χ0n) is 16.0. The minimum atomic E-state index is 0. The minimum Gasteiger partial charge on any atom is -0.493 e. The van der Waals surface area contributed by atoms with Gasteiger partial charge in [0.1, 0.15) is 0 Å². The molecule has 150 valence electrons. The summed E-state index contributed by atoms with van der Waals surface area (Å²) in [4.78, 5) is 6.40. The Morgan fingerprint density at radius 1 is 1.30 bits per heavy atom. The van der Waals surface area contributed by atoms with E-state index in [0.29, 0.717) is 24.6 Å². The monoisotopic (exact) mass is 570 g/mol. The molecule has 0 saturated heterocycles. The third kappa shape index (κ3) is 6.18. The number of methoxy groups -OCH3 is 2. The van der Waals surface area contributed by atoms with Gasteiger partial charge in [0.2, 0.25) is 0 Å². The largest absolute Gasteiger partial charge is 0.493 e. The Hall–Kier alpha value is -1.13. The lowest BCUT2D eigenvalue weighted by atomic mass is 10.2. The topological polar surface area (TPSA) is 51.0 Å². The van der Waals surface area contributed by atoms with Gasteiger partial charge in [0, 0.05) is 39.6 Å². The standard InChI is InChI=1S/C18H24BrClN4O2.HI/c1-21-18(24(3)11-14-8-13(20)10-23(14)2)22-9-12-6-15(19)17(26-5)16(7-12)25-4;/h6-8,10H,9,11H2,1-5H3,(H,21,22);1H. The molecule has 27 heavy (non-hydrogen) atoms. The Balaban J connectivity index is 0.00000364. The number of rotatable bonds is 6. The molecule has 0 atom stereocenters. The lowest BCUT2D eigenvalue weighted by Gasteiger charge is -2.22. The quantitative estimate of drug-likeness (QED) is 0.320. The van der Waals surface area contributed by atoms with Crippen LogP contribution in [-0.4, -0.2) is 43.7 Å². The maximum absolute atomic E-state index is 6.06. The number of halogens is 3. The van der Waals surface area contributed by atoms with E-state index in [0.717, 1.165) is 26.7 Å².